The van der Waals surface area contributed by atoms with Crippen molar-refractivity contribution in [3.63, 3.8) is 0 Å². The number of rotatable bonds is 4. The Hall–Kier alpha value is -1.74. The van der Waals surface area contributed by atoms with Crippen molar-refractivity contribution in [3.8, 4) is 5.75 Å². The summed E-state index contributed by atoms with van der Waals surface area (Å²) in [7, 11) is 1.64. The van der Waals surface area contributed by atoms with E-state index in [0.29, 0.717) is 5.56 Å². The first-order chi connectivity index (χ1) is 8.33. The second-order valence-electron chi connectivity index (χ2n) is 3.44. The fourth-order valence-electron chi connectivity index (χ4n) is 1.46. The molecule has 0 spiro atoms. The van der Waals surface area contributed by atoms with Gasteiger partial charge in [0, 0.05) is 15.4 Å². The average Bonchev–Trinajstić information content (AvgIpc) is 2.39. The lowest BCUT2D eigenvalue weighted by molar-refractivity contribution is 0.112. The first-order valence-corrected chi connectivity index (χ1v) is 6.01. The summed E-state index contributed by atoms with van der Waals surface area (Å²) in [6.45, 7) is 0. The number of carbonyl (C=O) groups excluding carboxylic acids is 1. The summed E-state index contributed by atoms with van der Waals surface area (Å²) in [4.78, 5) is 12.9. The van der Waals surface area contributed by atoms with Gasteiger partial charge in [0.1, 0.15) is 5.75 Å². The minimum absolute atomic E-state index is 0.709. The normalized spacial score (nSPS) is 9.94. The number of carbonyl (C=O) groups is 1. The van der Waals surface area contributed by atoms with E-state index in [0.717, 1.165) is 21.8 Å². The maximum atomic E-state index is 10.9. The molecule has 0 fully saturated rings. The van der Waals surface area contributed by atoms with Gasteiger partial charge in [-0.05, 0) is 24.3 Å². The molecule has 2 aromatic carbocycles. The van der Waals surface area contributed by atoms with E-state index in [1.165, 1.54) is 0 Å². The molecule has 0 radical (unpaired) electrons. The van der Waals surface area contributed by atoms with Crippen molar-refractivity contribution in [2.75, 3.05) is 7.11 Å². The van der Waals surface area contributed by atoms with Crippen LogP contribution in [-0.2, 0) is 0 Å². The molecule has 17 heavy (non-hydrogen) atoms. The number of benzene rings is 2. The molecule has 2 aromatic rings. The molecular weight excluding hydrogens is 232 g/mol. The molecule has 0 aliphatic heterocycles. The van der Waals surface area contributed by atoms with Crippen molar-refractivity contribution >= 4 is 18.0 Å². The predicted octanol–water partition coefficient (Wildman–Crippen LogP) is 3.66. The van der Waals surface area contributed by atoms with Crippen LogP contribution in [0.3, 0.4) is 0 Å². The summed E-state index contributed by atoms with van der Waals surface area (Å²) >= 11 is 1.56. The van der Waals surface area contributed by atoms with Crippen LogP contribution in [0.5, 0.6) is 5.75 Å². The minimum atomic E-state index is 0.709. The zero-order valence-electron chi connectivity index (χ0n) is 9.42. The number of hydrogen-bond donors (Lipinski definition) is 0. The molecule has 0 heterocycles. The predicted molar refractivity (Wildman–Crippen MR) is 68.9 cm³/mol. The summed E-state index contributed by atoms with van der Waals surface area (Å²) in [5, 5.41) is 0. The maximum absolute atomic E-state index is 10.9. The highest BCUT2D eigenvalue weighted by molar-refractivity contribution is 7.99. The standard InChI is InChI=1S/C14H12O2S/c1-16-12-6-4-7-13(9-12)17-14-8-3-2-5-11(14)10-15/h2-10H,1H3. The zero-order chi connectivity index (χ0) is 12.1. The second kappa shape index (κ2) is 5.55. The van der Waals surface area contributed by atoms with Crippen LogP contribution < -0.4 is 4.74 Å². The van der Waals surface area contributed by atoms with Crippen molar-refractivity contribution in [1.29, 1.82) is 0 Å². The molecule has 2 rings (SSSR count). The lowest BCUT2D eigenvalue weighted by atomic mass is 10.2. The van der Waals surface area contributed by atoms with Crippen LogP contribution in [0, 0.1) is 0 Å². The van der Waals surface area contributed by atoms with Gasteiger partial charge in [0.05, 0.1) is 7.11 Å². The van der Waals surface area contributed by atoms with Gasteiger partial charge in [-0.25, -0.2) is 0 Å². The largest absolute Gasteiger partial charge is 0.497 e. The van der Waals surface area contributed by atoms with Gasteiger partial charge in [-0.15, -0.1) is 0 Å². The molecule has 0 saturated heterocycles. The van der Waals surface area contributed by atoms with E-state index in [1.54, 1.807) is 18.9 Å². The summed E-state index contributed by atoms with van der Waals surface area (Å²) in [6.07, 6.45) is 0.877. The van der Waals surface area contributed by atoms with Gasteiger partial charge in [-0.2, -0.15) is 0 Å². The van der Waals surface area contributed by atoms with Crippen LogP contribution in [0.25, 0.3) is 0 Å². The monoisotopic (exact) mass is 244 g/mol. The molecule has 0 aromatic heterocycles. The summed E-state index contributed by atoms with van der Waals surface area (Å²) in [5.41, 5.74) is 0.709. The van der Waals surface area contributed by atoms with Crippen LogP contribution in [0.4, 0.5) is 0 Å². The highest BCUT2D eigenvalue weighted by Crippen LogP contribution is 2.31. The molecule has 2 nitrogen and oxygen atoms in total. The van der Waals surface area contributed by atoms with Crippen LogP contribution in [0.15, 0.2) is 58.3 Å². The Morgan fingerprint density at radius 1 is 1.12 bits per heavy atom. The molecule has 0 bridgehead atoms. The number of ether oxygens (including phenoxy) is 1. The van der Waals surface area contributed by atoms with Crippen molar-refractivity contribution in [3.05, 3.63) is 54.1 Å². The Morgan fingerprint density at radius 2 is 1.94 bits per heavy atom. The molecule has 0 N–H and O–H groups in total. The van der Waals surface area contributed by atoms with E-state index in [-0.39, 0.29) is 0 Å². The smallest absolute Gasteiger partial charge is 0.151 e. The zero-order valence-corrected chi connectivity index (χ0v) is 10.2. The third kappa shape index (κ3) is 2.88. The SMILES string of the molecule is COc1cccc(Sc2ccccc2C=O)c1. The Kier molecular flexibility index (Phi) is 3.83. The summed E-state index contributed by atoms with van der Waals surface area (Å²) < 4.78 is 5.17. The van der Waals surface area contributed by atoms with Crippen molar-refractivity contribution in [2.45, 2.75) is 9.79 Å². The van der Waals surface area contributed by atoms with Gasteiger partial charge in [-0.3, -0.25) is 4.79 Å². The van der Waals surface area contributed by atoms with Gasteiger partial charge in [0.25, 0.3) is 0 Å². The third-order valence-corrected chi connectivity index (χ3v) is 3.40. The summed E-state index contributed by atoms with van der Waals surface area (Å²) in [5.74, 6) is 0.818. The molecule has 0 atom stereocenters. The lowest BCUT2D eigenvalue weighted by Crippen LogP contribution is -1.85. The average molecular weight is 244 g/mol. The van der Waals surface area contributed by atoms with Crippen molar-refractivity contribution in [2.24, 2.45) is 0 Å². The summed E-state index contributed by atoms with van der Waals surface area (Å²) in [6, 6.07) is 15.3. The molecule has 0 saturated carbocycles. The highest BCUT2D eigenvalue weighted by Gasteiger charge is 2.03. The van der Waals surface area contributed by atoms with Gasteiger partial charge >= 0.3 is 0 Å². The van der Waals surface area contributed by atoms with E-state index < -0.39 is 0 Å². The van der Waals surface area contributed by atoms with Gasteiger partial charge in [-0.1, -0.05) is 36.0 Å². The van der Waals surface area contributed by atoms with Gasteiger partial charge < -0.3 is 4.74 Å². The van der Waals surface area contributed by atoms with Crippen LogP contribution in [0.2, 0.25) is 0 Å². The fourth-order valence-corrected chi connectivity index (χ4v) is 2.42. The van der Waals surface area contributed by atoms with Gasteiger partial charge in [0.2, 0.25) is 0 Å². The van der Waals surface area contributed by atoms with Crippen molar-refractivity contribution in [1.82, 2.24) is 0 Å². The number of methoxy groups -OCH3 is 1. The molecule has 3 heteroatoms. The Labute approximate surface area is 105 Å². The quantitative estimate of drug-likeness (QED) is 0.768. The topological polar surface area (TPSA) is 26.3 Å². The Morgan fingerprint density at radius 3 is 2.71 bits per heavy atom. The molecular formula is C14H12O2S. The first-order valence-electron chi connectivity index (χ1n) is 5.19. The van der Waals surface area contributed by atoms with E-state index in [2.05, 4.69) is 0 Å². The second-order valence-corrected chi connectivity index (χ2v) is 4.55. The molecule has 0 aliphatic rings. The van der Waals surface area contributed by atoms with E-state index in [9.17, 15) is 4.79 Å². The van der Waals surface area contributed by atoms with E-state index in [1.807, 2.05) is 48.5 Å². The number of aldehydes is 1. The van der Waals surface area contributed by atoms with Crippen LogP contribution >= 0.6 is 11.8 Å². The molecule has 0 aliphatic carbocycles. The molecule has 86 valence electrons. The maximum Gasteiger partial charge on any atom is 0.151 e. The first kappa shape index (κ1) is 11.7. The van der Waals surface area contributed by atoms with Crippen LogP contribution in [0.1, 0.15) is 10.4 Å². The number of hydrogen-bond acceptors (Lipinski definition) is 3. The fraction of sp³-hybridized carbons (Fsp3) is 0.0714. The van der Waals surface area contributed by atoms with Crippen LogP contribution in [-0.4, -0.2) is 13.4 Å². The molecule has 0 unspecified atom stereocenters. The van der Waals surface area contributed by atoms with E-state index >= 15 is 0 Å². The third-order valence-electron chi connectivity index (χ3n) is 2.31. The Bertz CT molecular complexity index is 523. The van der Waals surface area contributed by atoms with Crippen molar-refractivity contribution < 1.29 is 9.53 Å². The molecule has 0 amide bonds. The lowest BCUT2D eigenvalue weighted by Gasteiger charge is -2.05. The van der Waals surface area contributed by atoms with Gasteiger partial charge in [0.15, 0.2) is 6.29 Å². The minimum Gasteiger partial charge on any atom is -0.497 e. The Balaban J connectivity index is 2.27. The highest BCUT2D eigenvalue weighted by atomic mass is 32.2. The van der Waals surface area contributed by atoms with E-state index in [4.69, 9.17) is 4.74 Å².